The second-order valence-electron chi connectivity index (χ2n) is 11.9. The van der Waals surface area contributed by atoms with Crippen LogP contribution >= 0.6 is 0 Å². The molecule has 0 spiro atoms. The first-order chi connectivity index (χ1) is 23.3. The zero-order valence-electron chi connectivity index (χ0n) is 25.5. The summed E-state index contributed by atoms with van der Waals surface area (Å²) in [7, 11) is 0. The molecule has 9 rings (SSSR count). The van der Waals surface area contributed by atoms with Crippen LogP contribution in [-0.2, 0) is 0 Å². The van der Waals surface area contributed by atoms with E-state index in [1.54, 1.807) is 0 Å². The van der Waals surface area contributed by atoms with Crippen molar-refractivity contribution in [1.82, 2.24) is 15.0 Å². The first-order valence-corrected chi connectivity index (χ1v) is 16.0. The molecule has 4 nitrogen and oxygen atoms in total. The molecule has 6 aromatic carbocycles. The lowest BCUT2D eigenvalue weighted by molar-refractivity contribution is 0.515. The molecule has 0 aliphatic heterocycles. The summed E-state index contributed by atoms with van der Waals surface area (Å²) in [4.78, 5) is 15.5. The summed E-state index contributed by atoms with van der Waals surface area (Å²) in [5.74, 6) is 2.99. The Morgan fingerprint density at radius 1 is 0.468 bits per heavy atom. The van der Waals surface area contributed by atoms with Gasteiger partial charge in [0, 0.05) is 33.6 Å². The molecule has 222 valence electrons. The Balaban J connectivity index is 1.27. The minimum Gasteiger partial charge on any atom is -0.460 e. The van der Waals surface area contributed by atoms with E-state index in [2.05, 4.69) is 121 Å². The van der Waals surface area contributed by atoms with E-state index in [0.29, 0.717) is 17.5 Å². The number of furan rings is 1. The minimum atomic E-state index is 0.103. The lowest BCUT2D eigenvalue weighted by Gasteiger charge is -2.22. The molecule has 0 saturated heterocycles. The third-order valence-corrected chi connectivity index (χ3v) is 9.13. The number of aromatic nitrogens is 3. The van der Waals surface area contributed by atoms with E-state index in [9.17, 15) is 0 Å². The summed E-state index contributed by atoms with van der Waals surface area (Å²) >= 11 is 0. The lowest BCUT2D eigenvalue weighted by Crippen LogP contribution is -2.10. The first kappa shape index (κ1) is 27.2. The molecule has 2 aromatic heterocycles. The zero-order chi connectivity index (χ0) is 31.2. The van der Waals surface area contributed by atoms with Gasteiger partial charge in [0.1, 0.15) is 11.3 Å². The molecule has 1 unspecified atom stereocenters. The van der Waals surface area contributed by atoms with E-state index in [4.69, 9.17) is 19.4 Å². The number of para-hydroxylation sites is 1. The molecule has 0 saturated carbocycles. The van der Waals surface area contributed by atoms with Gasteiger partial charge >= 0.3 is 0 Å². The summed E-state index contributed by atoms with van der Waals surface area (Å²) in [6.45, 7) is 0. The fourth-order valence-electron chi connectivity index (χ4n) is 6.90. The second-order valence-corrected chi connectivity index (χ2v) is 11.9. The van der Waals surface area contributed by atoms with Gasteiger partial charge in [-0.2, -0.15) is 0 Å². The standard InChI is InChI=1S/C43H29N3O/c1-4-14-28(15-5-1)31-24-26-35(34-21-11-10-20-33(31)34)42-44-41(30-18-8-3-9-19-30)45-43(46-42)37-27-25-32(29-16-6-2-7-17-29)40-39(37)36-22-12-13-23-38(36)47-40/h1-24,26-27,32H,25H2. The topological polar surface area (TPSA) is 51.8 Å². The molecule has 1 aliphatic rings. The molecule has 47 heavy (non-hydrogen) atoms. The Bertz CT molecular complexity index is 2430. The van der Waals surface area contributed by atoms with Crippen molar-refractivity contribution in [2.24, 2.45) is 0 Å². The number of hydrogen-bond acceptors (Lipinski definition) is 4. The number of benzene rings is 6. The monoisotopic (exact) mass is 603 g/mol. The van der Waals surface area contributed by atoms with Crippen LogP contribution < -0.4 is 0 Å². The van der Waals surface area contributed by atoms with Crippen molar-refractivity contribution in [2.45, 2.75) is 12.3 Å². The lowest BCUT2D eigenvalue weighted by atomic mass is 9.83. The van der Waals surface area contributed by atoms with E-state index >= 15 is 0 Å². The molecule has 0 bridgehead atoms. The van der Waals surface area contributed by atoms with Crippen LogP contribution in [0, 0.1) is 0 Å². The van der Waals surface area contributed by atoms with Gasteiger partial charge < -0.3 is 4.42 Å². The maximum Gasteiger partial charge on any atom is 0.164 e. The van der Waals surface area contributed by atoms with Gasteiger partial charge in [-0.1, -0.05) is 146 Å². The van der Waals surface area contributed by atoms with E-state index < -0.39 is 0 Å². The molecule has 0 radical (unpaired) electrons. The molecule has 4 heteroatoms. The zero-order valence-corrected chi connectivity index (χ0v) is 25.5. The number of hydrogen-bond donors (Lipinski definition) is 0. The molecule has 1 atom stereocenters. The minimum absolute atomic E-state index is 0.103. The van der Waals surface area contributed by atoms with Gasteiger partial charge in [-0.3, -0.25) is 0 Å². The molecule has 2 heterocycles. The van der Waals surface area contributed by atoms with Gasteiger partial charge in [-0.25, -0.2) is 15.0 Å². The van der Waals surface area contributed by atoms with Crippen molar-refractivity contribution in [2.75, 3.05) is 0 Å². The number of rotatable bonds is 5. The molecular weight excluding hydrogens is 574 g/mol. The molecular formula is C43H29N3O. The summed E-state index contributed by atoms with van der Waals surface area (Å²) in [5, 5.41) is 3.32. The molecule has 0 fully saturated rings. The van der Waals surface area contributed by atoms with Crippen molar-refractivity contribution < 1.29 is 4.42 Å². The van der Waals surface area contributed by atoms with Crippen molar-refractivity contribution in [1.29, 1.82) is 0 Å². The molecule has 0 N–H and O–H groups in total. The van der Waals surface area contributed by atoms with Gasteiger partial charge in [-0.05, 0) is 46.0 Å². The molecule has 1 aliphatic carbocycles. The first-order valence-electron chi connectivity index (χ1n) is 16.0. The van der Waals surface area contributed by atoms with Crippen molar-refractivity contribution in [3.05, 3.63) is 180 Å². The fourth-order valence-corrected chi connectivity index (χ4v) is 6.90. The maximum atomic E-state index is 6.64. The van der Waals surface area contributed by atoms with E-state index in [1.807, 2.05) is 36.4 Å². The summed E-state index contributed by atoms with van der Waals surface area (Å²) in [6, 6.07) is 52.4. The fraction of sp³-hybridized carbons (Fsp3) is 0.0465. The number of nitrogens with zero attached hydrogens (tertiary/aromatic N) is 3. The average molecular weight is 604 g/mol. The highest BCUT2D eigenvalue weighted by atomic mass is 16.3. The Labute approximate surface area is 272 Å². The molecule has 0 amide bonds. The second kappa shape index (κ2) is 11.3. The van der Waals surface area contributed by atoms with Gasteiger partial charge in [0.25, 0.3) is 0 Å². The predicted octanol–water partition coefficient (Wildman–Crippen LogP) is 10.7. The Hall–Kier alpha value is -6.13. The maximum absolute atomic E-state index is 6.64. The van der Waals surface area contributed by atoms with Crippen molar-refractivity contribution in [3.63, 3.8) is 0 Å². The van der Waals surface area contributed by atoms with E-state index in [1.165, 1.54) is 16.7 Å². The normalized spacial score (nSPS) is 14.2. The third kappa shape index (κ3) is 4.74. The van der Waals surface area contributed by atoms with Gasteiger partial charge in [0.15, 0.2) is 17.5 Å². The number of fused-ring (bicyclic) bond motifs is 4. The van der Waals surface area contributed by atoms with Crippen LogP contribution in [0.2, 0.25) is 0 Å². The van der Waals surface area contributed by atoms with E-state index in [0.717, 1.165) is 56.2 Å². The summed E-state index contributed by atoms with van der Waals surface area (Å²) < 4.78 is 6.64. The van der Waals surface area contributed by atoms with Crippen LogP contribution in [0.5, 0.6) is 0 Å². The van der Waals surface area contributed by atoms with Gasteiger partial charge in [0.2, 0.25) is 0 Å². The Morgan fingerprint density at radius 3 is 1.77 bits per heavy atom. The van der Waals surface area contributed by atoms with E-state index in [-0.39, 0.29) is 5.92 Å². The summed E-state index contributed by atoms with van der Waals surface area (Å²) in [5.41, 5.74) is 8.40. The quantitative estimate of drug-likeness (QED) is 0.196. The van der Waals surface area contributed by atoms with Gasteiger partial charge in [-0.15, -0.1) is 0 Å². The van der Waals surface area contributed by atoms with Crippen LogP contribution in [0.1, 0.15) is 35.1 Å². The highest BCUT2D eigenvalue weighted by Crippen LogP contribution is 2.46. The average Bonchev–Trinajstić information content (AvgIpc) is 3.55. The van der Waals surface area contributed by atoms with Gasteiger partial charge in [0.05, 0.1) is 0 Å². The molecule has 8 aromatic rings. The highest BCUT2D eigenvalue weighted by molar-refractivity contribution is 6.04. The number of allylic oxidation sites excluding steroid dienone is 1. The largest absolute Gasteiger partial charge is 0.460 e. The van der Waals surface area contributed by atoms with Crippen LogP contribution in [0.25, 0.3) is 61.2 Å². The Morgan fingerprint density at radius 2 is 1.02 bits per heavy atom. The van der Waals surface area contributed by atoms with Crippen LogP contribution in [0.4, 0.5) is 0 Å². The van der Waals surface area contributed by atoms with Crippen LogP contribution in [0.3, 0.4) is 0 Å². The SMILES string of the molecule is C1=C(c2nc(-c3ccccc3)nc(-c3ccc(-c4ccccc4)c4ccccc34)n2)c2c(oc3ccccc23)C(c2ccccc2)C1. The van der Waals surface area contributed by atoms with Crippen molar-refractivity contribution in [3.8, 4) is 33.9 Å². The van der Waals surface area contributed by atoms with Crippen molar-refractivity contribution >= 4 is 27.3 Å². The smallest absolute Gasteiger partial charge is 0.164 e. The predicted molar refractivity (Wildman–Crippen MR) is 190 cm³/mol. The van der Waals surface area contributed by atoms with Crippen LogP contribution in [-0.4, -0.2) is 15.0 Å². The highest BCUT2D eigenvalue weighted by Gasteiger charge is 2.31. The third-order valence-electron chi connectivity index (χ3n) is 9.13. The van der Waals surface area contributed by atoms with Crippen LogP contribution in [0.15, 0.2) is 162 Å². The Kier molecular flexibility index (Phi) is 6.57. The summed E-state index contributed by atoms with van der Waals surface area (Å²) in [6.07, 6.45) is 3.06.